The van der Waals surface area contributed by atoms with Gasteiger partial charge in [0.25, 0.3) is 6.43 Å². The number of aryl methyl sites for hydroxylation is 2. The van der Waals surface area contributed by atoms with Crippen LogP contribution in [0.2, 0.25) is 0 Å². The number of hydrogen-bond donors (Lipinski definition) is 1. The minimum atomic E-state index is -2.53. The lowest BCUT2D eigenvalue weighted by Gasteiger charge is -2.32. The average molecular weight is 302 g/mol. The van der Waals surface area contributed by atoms with Crippen molar-refractivity contribution in [1.29, 1.82) is 5.26 Å². The fourth-order valence-electron chi connectivity index (χ4n) is 2.82. The van der Waals surface area contributed by atoms with E-state index in [4.69, 9.17) is 5.26 Å². The molecule has 0 bridgehead atoms. The van der Waals surface area contributed by atoms with Crippen molar-refractivity contribution >= 4 is 5.82 Å². The summed E-state index contributed by atoms with van der Waals surface area (Å²) in [4.78, 5) is 0. The molecule has 0 radical (unpaired) electrons. The summed E-state index contributed by atoms with van der Waals surface area (Å²) < 4.78 is 28.0. The molecule has 1 N–H and O–H groups in total. The number of anilines is 1. The summed E-state index contributed by atoms with van der Waals surface area (Å²) in [6.45, 7) is 4.01. The van der Waals surface area contributed by atoms with Gasteiger partial charge in [0.05, 0.1) is 12.2 Å². The van der Waals surface area contributed by atoms with E-state index in [1.165, 1.54) is 10.9 Å². The Hall–Kier alpha value is -2.42. The molecule has 6 heteroatoms. The number of fused-ring (bicyclic) bond motifs is 1. The first kappa shape index (κ1) is 14.5. The van der Waals surface area contributed by atoms with Crippen LogP contribution in [0.25, 0.3) is 0 Å². The van der Waals surface area contributed by atoms with Crippen molar-refractivity contribution in [3.05, 3.63) is 46.6 Å². The molecule has 1 aliphatic heterocycles. The Labute approximate surface area is 127 Å². The average Bonchev–Trinajstić information content (AvgIpc) is 2.91. The van der Waals surface area contributed by atoms with Crippen LogP contribution in [0.4, 0.5) is 14.6 Å². The lowest BCUT2D eigenvalue weighted by Crippen LogP contribution is -2.31. The first-order chi connectivity index (χ1) is 10.5. The third-order valence-corrected chi connectivity index (χ3v) is 4.24. The molecular weight excluding hydrogens is 286 g/mol. The lowest BCUT2D eigenvalue weighted by atomic mass is 9.94. The van der Waals surface area contributed by atoms with Crippen molar-refractivity contribution in [2.45, 2.75) is 38.8 Å². The molecule has 1 aromatic carbocycles. The molecule has 4 nitrogen and oxygen atoms in total. The molecule has 0 unspecified atom stereocenters. The van der Waals surface area contributed by atoms with E-state index in [9.17, 15) is 8.78 Å². The second-order valence-electron chi connectivity index (χ2n) is 5.64. The van der Waals surface area contributed by atoms with Crippen LogP contribution in [-0.2, 0) is 0 Å². The van der Waals surface area contributed by atoms with E-state index in [1.807, 2.05) is 38.1 Å². The Morgan fingerprint density at radius 3 is 2.77 bits per heavy atom. The number of rotatable bonds is 2. The second kappa shape index (κ2) is 5.41. The van der Waals surface area contributed by atoms with Gasteiger partial charge in [0.15, 0.2) is 0 Å². The van der Waals surface area contributed by atoms with Crippen LogP contribution < -0.4 is 5.32 Å². The molecular formula is C16H16F2N4. The molecule has 2 heterocycles. The number of aromatic nitrogens is 2. The molecule has 2 atom stereocenters. The van der Waals surface area contributed by atoms with Crippen LogP contribution in [0, 0.1) is 25.2 Å². The zero-order valence-electron chi connectivity index (χ0n) is 12.3. The van der Waals surface area contributed by atoms with E-state index < -0.39 is 12.5 Å². The van der Waals surface area contributed by atoms with E-state index in [2.05, 4.69) is 10.4 Å². The standard InChI is InChI=1S/C16H16F2N4/c1-9-3-4-11(5-10(9)2)13-6-14(15(17)18)22-16(21-13)12(7-19)8-20-22/h3-5,8,13-15,21H,6H2,1-2H3/t13-,14+/m0/s1. The smallest absolute Gasteiger partial charge is 0.260 e. The minimum absolute atomic E-state index is 0.236. The largest absolute Gasteiger partial charge is 0.362 e. The quantitative estimate of drug-likeness (QED) is 0.919. The molecule has 0 spiro atoms. The van der Waals surface area contributed by atoms with Crippen LogP contribution in [0.5, 0.6) is 0 Å². The van der Waals surface area contributed by atoms with Gasteiger partial charge >= 0.3 is 0 Å². The van der Waals surface area contributed by atoms with E-state index in [0.29, 0.717) is 11.4 Å². The van der Waals surface area contributed by atoms with Gasteiger partial charge in [-0.15, -0.1) is 0 Å². The van der Waals surface area contributed by atoms with Crippen LogP contribution in [0.1, 0.15) is 40.8 Å². The number of hydrogen-bond acceptors (Lipinski definition) is 3. The normalized spacial score (nSPS) is 20.4. The maximum Gasteiger partial charge on any atom is 0.260 e. The molecule has 3 rings (SSSR count). The molecule has 22 heavy (non-hydrogen) atoms. The first-order valence-corrected chi connectivity index (χ1v) is 7.10. The molecule has 114 valence electrons. The SMILES string of the molecule is Cc1ccc([C@@H]2C[C@H](C(F)F)n3ncc(C#N)c3N2)cc1C. The van der Waals surface area contributed by atoms with Gasteiger partial charge in [-0.3, -0.25) is 0 Å². The number of halogens is 2. The zero-order valence-corrected chi connectivity index (χ0v) is 12.3. The van der Waals surface area contributed by atoms with Crippen molar-refractivity contribution < 1.29 is 8.78 Å². The third-order valence-electron chi connectivity index (χ3n) is 4.24. The molecule has 0 amide bonds. The first-order valence-electron chi connectivity index (χ1n) is 7.10. The summed E-state index contributed by atoms with van der Waals surface area (Å²) in [5.74, 6) is 0.377. The van der Waals surface area contributed by atoms with Gasteiger partial charge in [-0.2, -0.15) is 10.4 Å². The Bertz CT molecular complexity index is 745. The van der Waals surface area contributed by atoms with Crippen molar-refractivity contribution in [3.8, 4) is 6.07 Å². The van der Waals surface area contributed by atoms with Gasteiger partial charge in [0.2, 0.25) is 0 Å². The predicted molar refractivity (Wildman–Crippen MR) is 78.9 cm³/mol. The van der Waals surface area contributed by atoms with Gasteiger partial charge in [0.1, 0.15) is 23.5 Å². The van der Waals surface area contributed by atoms with E-state index in [0.717, 1.165) is 16.7 Å². The Morgan fingerprint density at radius 2 is 2.14 bits per heavy atom. The van der Waals surface area contributed by atoms with Crippen molar-refractivity contribution in [1.82, 2.24) is 9.78 Å². The maximum absolute atomic E-state index is 13.4. The lowest BCUT2D eigenvalue weighted by molar-refractivity contribution is 0.0658. The monoisotopic (exact) mass is 302 g/mol. The highest BCUT2D eigenvalue weighted by Crippen LogP contribution is 2.39. The second-order valence-corrected chi connectivity index (χ2v) is 5.64. The van der Waals surface area contributed by atoms with Crippen LogP contribution >= 0.6 is 0 Å². The molecule has 2 aromatic rings. The van der Waals surface area contributed by atoms with Gasteiger partial charge in [-0.05, 0) is 37.0 Å². The molecule has 1 aliphatic rings. The topological polar surface area (TPSA) is 53.6 Å². The maximum atomic E-state index is 13.4. The van der Waals surface area contributed by atoms with E-state index in [1.54, 1.807) is 0 Å². The zero-order chi connectivity index (χ0) is 15.9. The summed E-state index contributed by atoms with van der Waals surface area (Å²) in [7, 11) is 0. The summed E-state index contributed by atoms with van der Waals surface area (Å²) in [5.41, 5.74) is 3.52. The van der Waals surface area contributed by atoms with Crippen LogP contribution in [-0.4, -0.2) is 16.2 Å². The number of nitriles is 1. The fourth-order valence-corrected chi connectivity index (χ4v) is 2.82. The van der Waals surface area contributed by atoms with Crippen molar-refractivity contribution in [2.75, 3.05) is 5.32 Å². The highest BCUT2D eigenvalue weighted by Gasteiger charge is 2.35. The fraction of sp³-hybridized carbons (Fsp3) is 0.375. The van der Waals surface area contributed by atoms with Crippen molar-refractivity contribution in [3.63, 3.8) is 0 Å². The van der Waals surface area contributed by atoms with Gasteiger partial charge in [-0.25, -0.2) is 13.5 Å². The number of nitrogens with zero attached hydrogens (tertiary/aromatic N) is 3. The highest BCUT2D eigenvalue weighted by molar-refractivity contribution is 5.54. The minimum Gasteiger partial charge on any atom is -0.362 e. The Morgan fingerprint density at radius 1 is 1.36 bits per heavy atom. The summed E-state index contributed by atoms with van der Waals surface area (Å²) in [6, 6.07) is 6.66. The Kier molecular flexibility index (Phi) is 3.57. The third kappa shape index (κ3) is 2.33. The van der Waals surface area contributed by atoms with Gasteiger partial charge < -0.3 is 5.32 Å². The molecule has 0 fully saturated rings. The highest BCUT2D eigenvalue weighted by atomic mass is 19.3. The van der Waals surface area contributed by atoms with E-state index >= 15 is 0 Å². The molecule has 0 aliphatic carbocycles. The number of benzene rings is 1. The Balaban J connectivity index is 2.02. The number of nitrogens with one attached hydrogen (secondary N) is 1. The van der Waals surface area contributed by atoms with E-state index in [-0.39, 0.29) is 12.5 Å². The van der Waals surface area contributed by atoms with Gasteiger partial charge in [0, 0.05) is 0 Å². The molecule has 0 saturated carbocycles. The summed E-state index contributed by atoms with van der Waals surface area (Å²) in [5, 5.41) is 16.2. The van der Waals surface area contributed by atoms with Crippen LogP contribution in [0.15, 0.2) is 24.4 Å². The summed E-state index contributed by atoms with van der Waals surface area (Å²) in [6.07, 6.45) is -0.957. The summed E-state index contributed by atoms with van der Waals surface area (Å²) >= 11 is 0. The number of alkyl halides is 2. The predicted octanol–water partition coefficient (Wildman–Crippen LogP) is 3.73. The van der Waals surface area contributed by atoms with Crippen LogP contribution in [0.3, 0.4) is 0 Å². The van der Waals surface area contributed by atoms with Gasteiger partial charge in [-0.1, -0.05) is 18.2 Å². The molecule has 1 aromatic heterocycles. The molecule has 0 saturated heterocycles. The van der Waals surface area contributed by atoms with Crippen molar-refractivity contribution in [2.24, 2.45) is 0 Å².